The predicted octanol–water partition coefficient (Wildman–Crippen LogP) is -5.78. The summed E-state index contributed by atoms with van der Waals surface area (Å²) >= 11 is 0. The molecule has 0 bridgehead atoms. The number of nitrogens with zero attached hydrogens (tertiary/aromatic N) is 3. The van der Waals surface area contributed by atoms with Gasteiger partial charge in [-0.15, -0.1) is 0 Å². The summed E-state index contributed by atoms with van der Waals surface area (Å²) in [4.78, 5) is 32.8. The summed E-state index contributed by atoms with van der Waals surface area (Å²) in [5, 5.41) is 10.6. The molecular formula is C5HLiN4O3. The van der Waals surface area contributed by atoms with E-state index in [1.54, 1.807) is 0 Å². The van der Waals surface area contributed by atoms with Gasteiger partial charge >= 0.3 is 30.6 Å². The molecule has 8 heteroatoms. The largest absolute Gasteiger partial charge is 1.00 e. The van der Waals surface area contributed by atoms with Crippen molar-refractivity contribution in [3.05, 3.63) is 21.3 Å². The Labute approximate surface area is 82.4 Å². The number of nitrogens with one attached hydrogen (secondary N) is 1. The molecule has 0 fully saturated rings. The molecule has 0 atom stereocenters. The first kappa shape index (κ1) is 9.63. The quantitative estimate of drug-likeness (QED) is 0.393. The van der Waals surface area contributed by atoms with Crippen LogP contribution in [0.15, 0.2) is 14.8 Å². The number of H-pyrrole nitrogens is 1. The normalized spacial score (nSPS) is 12.5. The van der Waals surface area contributed by atoms with Crippen molar-refractivity contribution in [1.82, 2.24) is 9.97 Å². The molecule has 13 heavy (non-hydrogen) atoms. The van der Waals surface area contributed by atoms with Crippen LogP contribution in [-0.4, -0.2) is 16.0 Å². The van der Waals surface area contributed by atoms with Crippen LogP contribution in [0.3, 0.4) is 0 Å². The Balaban J connectivity index is 0.000000845. The van der Waals surface area contributed by atoms with Gasteiger partial charge in [0.2, 0.25) is 0 Å². The zero-order chi connectivity index (χ0) is 8.72. The Morgan fingerprint density at radius 3 is 2.62 bits per heavy atom. The second-order valence-electron chi connectivity index (χ2n) is 2.05. The maximum Gasteiger partial charge on any atom is 1.00 e. The average Bonchev–Trinajstić information content (AvgIpc) is 2.29. The molecule has 0 aliphatic carbocycles. The maximum atomic E-state index is 10.8. The van der Waals surface area contributed by atoms with Crippen LogP contribution in [0.25, 0.3) is 0 Å². The van der Waals surface area contributed by atoms with Crippen molar-refractivity contribution in [3.63, 3.8) is 0 Å². The fourth-order valence-electron chi connectivity index (χ4n) is 0.833. The molecule has 60 valence electrons. The Hall–Kier alpha value is -1.45. The molecule has 1 aliphatic rings. The number of carbonyl (C=O) groups excluding carboxylic acids is 1. The van der Waals surface area contributed by atoms with Crippen LogP contribution in [0.5, 0.6) is 5.88 Å². The van der Waals surface area contributed by atoms with E-state index in [2.05, 4.69) is 20.0 Å². The average molecular weight is 172 g/mol. The third-order valence-electron chi connectivity index (χ3n) is 1.27. The summed E-state index contributed by atoms with van der Waals surface area (Å²) < 4.78 is 0. The van der Waals surface area contributed by atoms with Gasteiger partial charge in [0, 0.05) is 5.88 Å². The monoisotopic (exact) mass is 172 g/mol. The molecule has 1 aromatic rings. The number of carbonyl (C=O) groups is 1. The van der Waals surface area contributed by atoms with Crippen LogP contribution in [0, 0.1) is 0 Å². The van der Waals surface area contributed by atoms with Gasteiger partial charge in [0.25, 0.3) is 0 Å². The molecule has 1 aromatic heterocycles. The van der Waals surface area contributed by atoms with E-state index < -0.39 is 17.6 Å². The molecule has 1 N–H and O–H groups in total. The smallest absolute Gasteiger partial charge is 0.857 e. The minimum absolute atomic E-state index is 0. The third-order valence-corrected chi connectivity index (χ3v) is 1.27. The van der Waals surface area contributed by atoms with E-state index in [0.29, 0.717) is 0 Å². The molecule has 0 unspecified atom stereocenters. The van der Waals surface area contributed by atoms with Gasteiger partial charge in [-0.25, -0.2) is 14.6 Å². The molecule has 1 aliphatic heterocycles. The fourth-order valence-corrected chi connectivity index (χ4v) is 0.833. The van der Waals surface area contributed by atoms with E-state index in [9.17, 15) is 14.7 Å². The van der Waals surface area contributed by atoms with Crippen LogP contribution in [0.1, 0.15) is 0 Å². The topological polar surface area (TPSA) is 111 Å². The molecular weight excluding hydrogens is 171 g/mol. The van der Waals surface area contributed by atoms with Crippen molar-refractivity contribution in [2.45, 2.75) is 0 Å². The molecule has 0 saturated heterocycles. The van der Waals surface area contributed by atoms with Crippen LogP contribution in [0.4, 0.5) is 4.79 Å². The molecule has 2 rings (SSSR count). The number of fused-ring (bicyclic) bond motifs is 1. The predicted molar refractivity (Wildman–Crippen MR) is 32.0 cm³/mol. The van der Waals surface area contributed by atoms with Gasteiger partial charge in [0.15, 0.2) is 5.49 Å². The van der Waals surface area contributed by atoms with Crippen molar-refractivity contribution < 1.29 is 28.8 Å². The molecule has 0 aromatic carbocycles. The maximum absolute atomic E-state index is 10.8. The van der Waals surface area contributed by atoms with Crippen LogP contribution < -0.4 is 40.5 Å². The number of hydrogen-bond acceptors (Lipinski definition) is 4. The van der Waals surface area contributed by atoms with Gasteiger partial charge in [-0.2, -0.15) is 9.98 Å². The van der Waals surface area contributed by atoms with E-state index in [1.807, 2.05) is 0 Å². The Kier molecular flexibility index (Phi) is 2.31. The minimum Gasteiger partial charge on any atom is -0.857 e. The summed E-state index contributed by atoms with van der Waals surface area (Å²) in [6, 6.07) is -0.800. The second-order valence-corrected chi connectivity index (χ2v) is 2.05. The van der Waals surface area contributed by atoms with Crippen molar-refractivity contribution in [3.8, 4) is 5.88 Å². The zero-order valence-corrected chi connectivity index (χ0v) is 6.57. The Bertz CT molecular complexity index is 534. The second kappa shape index (κ2) is 3.12. The van der Waals surface area contributed by atoms with Gasteiger partial charge in [0.1, 0.15) is 5.36 Å². The fraction of sp³-hybridized carbons (Fsp3) is 0. The van der Waals surface area contributed by atoms with Crippen molar-refractivity contribution >= 4 is 6.03 Å². The van der Waals surface area contributed by atoms with Gasteiger partial charge < -0.3 is 5.11 Å². The first-order valence-electron chi connectivity index (χ1n) is 2.95. The Morgan fingerprint density at radius 1 is 1.23 bits per heavy atom. The molecule has 7 nitrogen and oxygen atoms in total. The standard InChI is InChI=1S/C5H2N4O3.Li/c10-3-1-2(7-4(11)6-1)8-5(12)9-3;/h(H2,7,8,9,10,11,12);/q;+1/p-1. The summed E-state index contributed by atoms with van der Waals surface area (Å²) in [6.45, 7) is 0. The van der Waals surface area contributed by atoms with E-state index in [1.165, 1.54) is 0 Å². The molecule has 2 amide bonds. The van der Waals surface area contributed by atoms with Gasteiger partial charge in [0.05, 0.1) is 0 Å². The van der Waals surface area contributed by atoms with Crippen molar-refractivity contribution in [1.29, 1.82) is 0 Å². The van der Waals surface area contributed by atoms with Crippen LogP contribution in [0.2, 0.25) is 0 Å². The van der Waals surface area contributed by atoms with E-state index in [0.717, 1.165) is 0 Å². The van der Waals surface area contributed by atoms with Gasteiger partial charge in [-0.3, -0.25) is 4.98 Å². The SMILES string of the molecule is O=C1N=c2[nH]c(=O)nc([O-])c2=N1.[Li+]. The zero-order valence-electron chi connectivity index (χ0n) is 6.57. The number of rotatable bonds is 0. The van der Waals surface area contributed by atoms with Crippen molar-refractivity contribution in [2.24, 2.45) is 9.98 Å². The number of amides is 2. The van der Waals surface area contributed by atoms with Crippen molar-refractivity contribution in [2.75, 3.05) is 0 Å². The van der Waals surface area contributed by atoms with Crippen LogP contribution in [-0.2, 0) is 0 Å². The minimum atomic E-state index is -0.830. The summed E-state index contributed by atoms with van der Waals surface area (Å²) in [5.41, 5.74) is -0.933. The first-order chi connectivity index (χ1) is 5.66. The number of aromatic amines is 1. The van der Waals surface area contributed by atoms with Gasteiger partial charge in [-0.1, -0.05) is 0 Å². The molecule has 2 heterocycles. The van der Waals surface area contributed by atoms with Gasteiger partial charge in [-0.05, 0) is 0 Å². The summed E-state index contributed by atoms with van der Waals surface area (Å²) in [5.74, 6) is -0.830. The summed E-state index contributed by atoms with van der Waals surface area (Å²) in [7, 11) is 0. The summed E-state index contributed by atoms with van der Waals surface area (Å²) in [6.07, 6.45) is 0. The third kappa shape index (κ3) is 1.52. The Morgan fingerprint density at radius 2 is 1.92 bits per heavy atom. The van der Waals surface area contributed by atoms with Crippen LogP contribution >= 0.6 is 0 Å². The first-order valence-corrected chi connectivity index (χ1v) is 2.95. The molecule has 0 radical (unpaired) electrons. The number of urea groups is 1. The van der Waals surface area contributed by atoms with E-state index in [-0.39, 0.29) is 29.7 Å². The van der Waals surface area contributed by atoms with E-state index in [4.69, 9.17) is 0 Å². The molecule has 0 spiro atoms. The number of hydrogen-bond donors (Lipinski definition) is 1. The molecule has 0 saturated carbocycles. The van der Waals surface area contributed by atoms with E-state index >= 15 is 0 Å². The number of aromatic nitrogens is 2.